The number of hydrogen-bond acceptors (Lipinski definition) is 4. The summed E-state index contributed by atoms with van der Waals surface area (Å²) >= 11 is 0. The summed E-state index contributed by atoms with van der Waals surface area (Å²) in [5, 5.41) is 4.17. The van der Waals surface area contributed by atoms with Crippen LogP contribution in [0.1, 0.15) is 6.92 Å². The van der Waals surface area contributed by atoms with Crippen LogP contribution in [0.15, 0.2) is 65.4 Å². The largest absolute Gasteiger partial charge is 0.354 e. The Hall–Kier alpha value is -2.62. The molecule has 20 heavy (non-hydrogen) atoms. The summed E-state index contributed by atoms with van der Waals surface area (Å²) in [5.74, 6) is 1.56. The van der Waals surface area contributed by atoms with Crippen LogP contribution in [-0.4, -0.2) is 16.7 Å². The lowest BCUT2D eigenvalue weighted by molar-refractivity contribution is 0.433. The maximum atomic E-state index is 5.44. The minimum Gasteiger partial charge on any atom is -0.354 e. The molecule has 0 aliphatic rings. The van der Waals surface area contributed by atoms with Crippen LogP contribution in [-0.2, 0) is 0 Å². The van der Waals surface area contributed by atoms with E-state index in [1.807, 2.05) is 36.4 Å². The molecule has 4 heteroatoms. The van der Waals surface area contributed by atoms with Gasteiger partial charge in [-0.15, -0.1) is 0 Å². The normalized spacial score (nSPS) is 10.4. The first-order valence-corrected chi connectivity index (χ1v) is 6.58. The van der Waals surface area contributed by atoms with E-state index in [-0.39, 0.29) is 0 Å². The molecule has 0 atom stereocenters. The fourth-order valence-electron chi connectivity index (χ4n) is 2.13. The molecule has 0 bridgehead atoms. The molecule has 0 N–H and O–H groups in total. The third kappa shape index (κ3) is 2.40. The number of benzene rings is 1. The van der Waals surface area contributed by atoms with Gasteiger partial charge in [0.1, 0.15) is 0 Å². The van der Waals surface area contributed by atoms with Crippen molar-refractivity contribution < 1.29 is 4.52 Å². The maximum Gasteiger partial charge on any atom is 0.177 e. The third-order valence-corrected chi connectivity index (χ3v) is 3.12. The van der Waals surface area contributed by atoms with Gasteiger partial charge in [-0.25, -0.2) is 0 Å². The second-order valence-electron chi connectivity index (χ2n) is 4.37. The maximum absolute atomic E-state index is 5.44. The highest BCUT2D eigenvalue weighted by Gasteiger charge is 2.13. The van der Waals surface area contributed by atoms with E-state index in [1.54, 1.807) is 12.4 Å². The van der Waals surface area contributed by atoms with Crippen molar-refractivity contribution in [1.82, 2.24) is 10.1 Å². The Kier molecular flexibility index (Phi) is 3.46. The van der Waals surface area contributed by atoms with Crippen molar-refractivity contribution in [3.05, 3.63) is 60.9 Å². The molecule has 0 spiro atoms. The molecular weight excluding hydrogens is 250 g/mol. The summed E-state index contributed by atoms with van der Waals surface area (Å²) in [6.07, 6.45) is 3.48. The van der Waals surface area contributed by atoms with E-state index in [9.17, 15) is 0 Å². The molecule has 0 amide bonds. The molecule has 3 rings (SSSR count). The minimum absolute atomic E-state index is 0.747. The smallest absolute Gasteiger partial charge is 0.177 e. The van der Waals surface area contributed by atoms with Crippen LogP contribution in [0, 0.1) is 0 Å². The molecule has 0 saturated heterocycles. The topological polar surface area (TPSA) is 42.2 Å². The van der Waals surface area contributed by atoms with Crippen molar-refractivity contribution in [1.29, 1.82) is 0 Å². The summed E-state index contributed by atoms with van der Waals surface area (Å²) < 4.78 is 5.44. The van der Waals surface area contributed by atoms with Crippen LogP contribution in [0.25, 0.3) is 11.3 Å². The summed E-state index contributed by atoms with van der Waals surface area (Å²) in [6, 6.07) is 15.9. The molecule has 0 saturated carbocycles. The number of para-hydroxylation sites is 1. The highest BCUT2D eigenvalue weighted by atomic mass is 16.5. The van der Waals surface area contributed by atoms with Gasteiger partial charge in [0, 0.05) is 36.3 Å². The molecule has 2 heterocycles. The van der Waals surface area contributed by atoms with Gasteiger partial charge in [-0.2, -0.15) is 0 Å². The van der Waals surface area contributed by atoms with Crippen molar-refractivity contribution in [2.75, 3.05) is 11.4 Å². The van der Waals surface area contributed by atoms with E-state index in [4.69, 9.17) is 4.52 Å². The Labute approximate surface area is 117 Å². The third-order valence-electron chi connectivity index (χ3n) is 3.12. The van der Waals surface area contributed by atoms with Gasteiger partial charge in [-0.3, -0.25) is 4.98 Å². The number of anilines is 2. The van der Waals surface area contributed by atoms with Crippen LogP contribution >= 0.6 is 0 Å². The molecular formula is C16H15N3O. The highest BCUT2D eigenvalue weighted by molar-refractivity contribution is 5.65. The molecule has 0 fully saturated rings. The zero-order chi connectivity index (χ0) is 13.8. The second kappa shape index (κ2) is 5.57. The Bertz CT molecular complexity index is 664. The van der Waals surface area contributed by atoms with Crippen molar-refractivity contribution in [2.45, 2.75) is 6.92 Å². The van der Waals surface area contributed by atoms with Crippen LogP contribution in [0.4, 0.5) is 11.5 Å². The average Bonchev–Trinajstić information content (AvgIpc) is 3.00. The summed E-state index contributed by atoms with van der Waals surface area (Å²) in [7, 11) is 0. The number of rotatable bonds is 4. The number of pyridine rings is 1. The molecule has 0 unspecified atom stereocenters. The van der Waals surface area contributed by atoms with E-state index in [0.717, 1.165) is 29.4 Å². The lowest BCUT2D eigenvalue weighted by Crippen LogP contribution is -2.15. The second-order valence-corrected chi connectivity index (χ2v) is 4.37. The summed E-state index contributed by atoms with van der Waals surface area (Å²) in [6.45, 7) is 2.92. The molecule has 4 nitrogen and oxygen atoms in total. The van der Waals surface area contributed by atoms with E-state index in [2.05, 4.69) is 34.1 Å². The number of nitrogens with zero attached hydrogens (tertiary/aromatic N) is 3. The Balaban J connectivity index is 1.93. The van der Waals surface area contributed by atoms with Gasteiger partial charge in [-0.05, 0) is 31.2 Å². The Morgan fingerprint density at radius 3 is 2.50 bits per heavy atom. The average molecular weight is 265 g/mol. The van der Waals surface area contributed by atoms with Crippen LogP contribution < -0.4 is 4.90 Å². The predicted octanol–water partition coefficient (Wildman–Crippen LogP) is 3.89. The molecule has 100 valence electrons. The van der Waals surface area contributed by atoms with Gasteiger partial charge in [0.15, 0.2) is 11.6 Å². The zero-order valence-electron chi connectivity index (χ0n) is 11.2. The van der Waals surface area contributed by atoms with Crippen molar-refractivity contribution in [3.8, 4) is 11.3 Å². The Morgan fingerprint density at radius 1 is 1.05 bits per heavy atom. The first-order chi connectivity index (χ1) is 9.88. The molecule has 0 radical (unpaired) electrons. The van der Waals surface area contributed by atoms with Gasteiger partial charge < -0.3 is 9.42 Å². The highest BCUT2D eigenvalue weighted by Crippen LogP contribution is 2.28. The van der Waals surface area contributed by atoms with Gasteiger partial charge >= 0.3 is 0 Å². The van der Waals surface area contributed by atoms with Gasteiger partial charge in [0.2, 0.25) is 0 Å². The minimum atomic E-state index is 0.747. The monoisotopic (exact) mass is 265 g/mol. The molecule has 0 aliphatic carbocycles. The summed E-state index contributed by atoms with van der Waals surface area (Å²) in [5.41, 5.74) is 2.08. The van der Waals surface area contributed by atoms with Gasteiger partial charge in [0.05, 0.1) is 0 Å². The Morgan fingerprint density at radius 2 is 1.80 bits per heavy atom. The summed E-state index contributed by atoms with van der Waals surface area (Å²) in [4.78, 5) is 6.11. The van der Waals surface area contributed by atoms with Crippen LogP contribution in [0.5, 0.6) is 0 Å². The quantitative estimate of drug-likeness (QED) is 0.717. The molecule has 2 aromatic heterocycles. The standard InChI is InChI=1S/C16H15N3O/c1-2-19(14-6-4-3-5-7-14)16-12-15(20-18-16)13-8-10-17-11-9-13/h3-12H,2H2,1H3. The van der Waals surface area contributed by atoms with E-state index >= 15 is 0 Å². The molecule has 3 aromatic rings. The van der Waals surface area contributed by atoms with E-state index in [0.29, 0.717) is 0 Å². The number of hydrogen-bond donors (Lipinski definition) is 0. The van der Waals surface area contributed by atoms with Gasteiger partial charge in [0.25, 0.3) is 0 Å². The fourth-order valence-corrected chi connectivity index (χ4v) is 2.13. The lowest BCUT2D eigenvalue weighted by Gasteiger charge is -2.19. The first kappa shape index (κ1) is 12.4. The lowest BCUT2D eigenvalue weighted by atomic mass is 10.2. The zero-order valence-corrected chi connectivity index (χ0v) is 11.2. The van der Waals surface area contributed by atoms with Crippen molar-refractivity contribution in [2.24, 2.45) is 0 Å². The fraction of sp³-hybridized carbons (Fsp3) is 0.125. The predicted molar refractivity (Wildman–Crippen MR) is 78.9 cm³/mol. The van der Waals surface area contributed by atoms with E-state index in [1.165, 1.54) is 0 Å². The number of aromatic nitrogens is 2. The van der Waals surface area contributed by atoms with Crippen LogP contribution in [0.3, 0.4) is 0 Å². The van der Waals surface area contributed by atoms with E-state index < -0.39 is 0 Å². The molecule has 0 aliphatic heterocycles. The van der Waals surface area contributed by atoms with Crippen LogP contribution in [0.2, 0.25) is 0 Å². The van der Waals surface area contributed by atoms with Crippen molar-refractivity contribution >= 4 is 11.5 Å². The van der Waals surface area contributed by atoms with Gasteiger partial charge in [-0.1, -0.05) is 23.4 Å². The van der Waals surface area contributed by atoms with Crippen molar-refractivity contribution in [3.63, 3.8) is 0 Å². The molecule has 1 aromatic carbocycles. The first-order valence-electron chi connectivity index (χ1n) is 6.58. The SMILES string of the molecule is CCN(c1ccccc1)c1cc(-c2ccncc2)on1.